The minimum atomic E-state index is -4.60. The van der Waals surface area contributed by atoms with Crippen LogP contribution in [0.25, 0.3) is 11.0 Å². The monoisotopic (exact) mass is 605 g/mol. The summed E-state index contributed by atoms with van der Waals surface area (Å²) in [5.74, 6) is -0.892. The Morgan fingerprint density at radius 1 is 1.00 bits per heavy atom. The van der Waals surface area contributed by atoms with Crippen molar-refractivity contribution in [2.75, 3.05) is 18.4 Å². The maximum atomic E-state index is 13.7. The number of carboxylic acids is 1. The number of hydrogen-bond acceptors (Lipinski definition) is 6. The summed E-state index contributed by atoms with van der Waals surface area (Å²) < 4.78 is 80.3. The van der Waals surface area contributed by atoms with Crippen molar-refractivity contribution in [3.05, 3.63) is 83.3 Å². The molecule has 228 valence electrons. The number of fused-ring (bicyclic) bond motifs is 1. The first-order valence-electron chi connectivity index (χ1n) is 13.4. The predicted octanol–water partition coefficient (Wildman–Crippen LogP) is 7.32. The third kappa shape index (κ3) is 8.63. The first kappa shape index (κ1) is 31.7. The number of carboxylic acid groups (broad SMARTS) is 1. The van der Waals surface area contributed by atoms with Crippen molar-refractivity contribution in [2.24, 2.45) is 10.9 Å². The maximum absolute atomic E-state index is 13.7. The zero-order valence-corrected chi connectivity index (χ0v) is 23.3. The summed E-state index contributed by atoms with van der Waals surface area (Å²) in [6.45, 7) is 4.17. The largest absolute Gasteiger partial charge is 0.480 e. The van der Waals surface area contributed by atoms with Gasteiger partial charge in [-0.1, -0.05) is 26.0 Å². The fraction of sp³-hybridized carbons (Fsp3) is 0.333. The SMILES string of the molecule is CC(C)CN(CC(=O)O)Cc1cc(Nc2ccc(C(F)(F)F)cc2)c2ccc(CC3=NC=CCC=C3C(F)(F)F)nc2n1. The van der Waals surface area contributed by atoms with E-state index in [1.807, 2.05) is 13.8 Å². The van der Waals surface area contributed by atoms with E-state index in [0.29, 0.717) is 29.0 Å². The number of pyridine rings is 2. The second-order valence-electron chi connectivity index (χ2n) is 10.5. The molecular formula is C30H29F6N5O2. The number of halogens is 6. The van der Waals surface area contributed by atoms with Crippen LogP contribution in [0, 0.1) is 5.92 Å². The average molecular weight is 606 g/mol. The van der Waals surface area contributed by atoms with E-state index in [2.05, 4.69) is 20.3 Å². The van der Waals surface area contributed by atoms with E-state index in [-0.39, 0.29) is 48.9 Å². The van der Waals surface area contributed by atoms with Gasteiger partial charge in [0.25, 0.3) is 0 Å². The van der Waals surface area contributed by atoms with Crippen LogP contribution in [0.2, 0.25) is 0 Å². The number of nitrogens with one attached hydrogen (secondary N) is 1. The average Bonchev–Trinajstić information content (AvgIpc) is 3.13. The van der Waals surface area contributed by atoms with Gasteiger partial charge in [-0.2, -0.15) is 26.3 Å². The predicted molar refractivity (Wildman–Crippen MR) is 151 cm³/mol. The third-order valence-corrected chi connectivity index (χ3v) is 6.40. The maximum Gasteiger partial charge on any atom is 0.417 e. The van der Waals surface area contributed by atoms with Crippen molar-refractivity contribution in [3.8, 4) is 0 Å². The van der Waals surface area contributed by atoms with Gasteiger partial charge in [-0.15, -0.1) is 0 Å². The lowest BCUT2D eigenvalue weighted by molar-refractivity contribution is -0.139. The number of hydrogen-bond donors (Lipinski definition) is 2. The van der Waals surface area contributed by atoms with E-state index in [4.69, 9.17) is 0 Å². The molecule has 0 unspecified atom stereocenters. The summed E-state index contributed by atoms with van der Waals surface area (Å²) in [5, 5.41) is 13.0. The molecule has 0 saturated carbocycles. The van der Waals surface area contributed by atoms with Crippen molar-refractivity contribution in [3.63, 3.8) is 0 Å². The topological polar surface area (TPSA) is 90.7 Å². The van der Waals surface area contributed by atoms with Gasteiger partial charge in [0, 0.05) is 42.5 Å². The molecule has 1 aromatic carbocycles. The Labute approximate surface area is 243 Å². The molecule has 3 aromatic rings. The standard InChI is InChI=1S/C30H29F6N5O2/c1-18(2)15-41(17-27(42)43)16-22-14-25(38-20-8-6-19(7-9-20)29(31,32)33)23-11-10-21(39-28(23)40-22)13-26-24(30(34,35)36)5-3-4-12-37-26/h4-12,14,18H,3,13,15-17H2,1-2H3,(H,42,43)(H,38,39,40). The van der Waals surface area contributed by atoms with Crippen molar-refractivity contribution in [1.29, 1.82) is 0 Å². The van der Waals surface area contributed by atoms with Crippen LogP contribution in [0.4, 0.5) is 37.7 Å². The van der Waals surface area contributed by atoms with Crippen LogP contribution < -0.4 is 5.32 Å². The van der Waals surface area contributed by atoms with Crippen LogP contribution in [0.15, 0.2) is 71.4 Å². The number of nitrogens with zero attached hydrogens (tertiary/aromatic N) is 4. The van der Waals surface area contributed by atoms with Gasteiger partial charge in [-0.25, -0.2) is 9.97 Å². The Kier molecular flexibility index (Phi) is 9.53. The molecule has 0 bridgehead atoms. The lowest BCUT2D eigenvalue weighted by Crippen LogP contribution is -2.32. The van der Waals surface area contributed by atoms with Crippen LogP contribution in [0.3, 0.4) is 0 Å². The molecule has 43 heavy (non-hydrogen) atoms. The zero-order chi connectivity index (χ0) is 31.4. The minimum Gasteiger partial charge on any atom is -0.480 e. The Balaban J connectivity index is 1.74. The second-order valence-corrected chi connectivity index (χ2v) is 10.5. The quantitative estimate of drug-likeness (QED) is 0.235. The zero-order valence-electron chi connectivity index (χ0n) is 23.3. The van der Waals surface area contributed by atoms with Gasteiger partial charge in [0.15, 0.2) is 5.65 Å². The second kappa shape index (κ2) is 12.9. The minimum absolute atomic E-state index is 0.0834. The molecule has 0 amide bonds. The van der Waals surface area contributed by atoms with Gasteiger partial charge in [-0.05, 0) is 54.8 Å². The van der Waals surface area contributed by atoms with Gasteiger partial charge in [0.1, 0.15) is 0 Å². The number of benzene rings is 1. The van der Waals surface area contributed by atoms with Crippen LogP contribution in [-0.4, -0.2) is 50.9 Å². The summed E-state index contributed by atoms with van der Waals surface area (Å²) in [7, 11) is 0. The number of alkyl halides is 6. The van der Waals surface area contributed by atoms with E-state index >= 15 is 0 Å². The Hall–Kier alpha value is -4.26. The number of anilines is 2. The highest BCUT2D eigenvalue weighted by atomic mass is 19.4. The van der Waals surface area contributed by atoms with Gasteiger partial charge < -0.3 is 10.4 Å². The van der Waals surface area contributed by atoms with E-state index in [9.17, 15) is 36.2 Å². The molecule has 1 aliphatic rings. The van der Waals surface area contributed by atoms with Crippen LogP contribution in [0.5, 0.6) is 0 Å². The summed E-state index contributed by atoms with van der Waals surface area (Å²) in [6.07, 6.45) is -5.34. The molecule has 0 saturated heterocycles. The molecule has 2 N–H and O–H groups in total. The van der Waals surface area contributed by atoms with Crippen molar-refractivity contribution < 1.29 is 36.2 Å². The fourth-order valence-corrected chi connectivity index (χ4v) is 4.67. The highest BCUT2D eigenvalue weighted by Crippen LogP contribution is 2.33. The number of allylic oxidation sites excluding steroid dienone is 3. The lowest BCUT2D eigenvalue weighted by atomic mass is 10.0. The van der Waals surface area contributed by atoms with Crippen molar-refractivity contribution in [1.82, 2.24) is 14.9 Å². The highest BCUT2D eigenvalue weighted by molar-refractivity contribution is 6.03. The lowest BCUT2D eigenvalue weighted by Gasteiger charge is -2.22. The van der Waals surface area contributed by atoms with Gasteiger partial charge in [0.2, 0.25) is 0 Å². The molecular weight excluding hydrogens is 576 g/mol. The third-order valence-electron chi connectivity index (χ3n) is 6.40. The van der Waals surface area contributed by atoms with Crippen LogP contribution in [0.1, 0.15) is 37.2 Å². The van der Waals surface area contributed by atoms with E-state index in [1.165, 1.54) is 24.4 Å². The Bertz CT molecular complexity index is 1560. The number of aliphatic imine (C=N–C) groups is 1. The molecule has 0 fully saturated rings. The van der Waals surface area contributed by atoms with Gasteiger partial charge in [-0.3, -0.25) is 14.7 Å². The molecule has 4 rings (SSSR count). The van der Waals surface area contributed by atoms with E-state index < -0.39 is 29.5 Å². The molecule has 0 spiro atoms. The number of carbonyl (C=O) groups is 1. The molecule has 0 atom stereocenters. The van der Waals surface area contributed by atoms with E-state index in [1.54, 1.807) is 23.1 Å². The summed E-state index contributed by atoms with van der Waals surface area (Å²) in [4.78, 5) is 26.3. The summed E-state index contributed by atoms with van der Waals surface area (Å²) in [6, 6.07) is 9.24. The fourth-order valence-electron chi connectivity index (χ4n) is 4.67. The van der Waals surface area contributed by atoms with Crippen LogP contribution in [-0.2, 0) is 23.9 Å². The first-order valence-corrected chi connectivity index (χ1v) is 13.4. The summed E-state index contributed by atoms with van der Waals surface area (Å²) in [5.41, 5.74) is -0.215. The van der Waals surface area contributed by atoms with Crippen molar-refractivity contribution >= 4 is 34.1 Å². The first-order chi connectivity index (χ1) is 20.2. The van der Waals surface area contributed by atoms with Gasteiger partial charge in [0.05, 0.1) is 34.8 Å². The molecule has 13 heteroatoms. The number of aromatic nitrogens is 2. The van der Waals surface area contributed by atoms with Gasteiger partial charge >= 0.3 is 18.3 Å². The van der Waals surface area contributed by atoms with E-state index in [0.717, 1.165) is 18.2 Å². The smallest absolute Gasteiger partial charge is 0.417 e. The highest BCUT2D eigenvalue weighted by Gasteiger charge is 2.37. The molecule has 3 heterocycles. The van der Waals surface area contributed by atoms with Crippen molar-refractivity contribution in [2.45, 2.75) is 45.6 Å². The summed E-state index contributed by atoms with van der Waals surface area (Å²) >= 11 is 0. The number of rotatable bonds is 10. The Morgan fingerprint density at radius 2 is 1.70 bits per heavy atom. The molecule has 2 aromatic heterocycles. The molecule has 0 radical (unpaired) electrons. The molecule has 7 nitrogen and oxygen atoms in total. The Morgan fingerprint density at radius 3 is 2.33 bits per heavy atom. The molecule has 1 aliphatic heterocycles. The number of aliphatic carboxylic acids is 1. The normalized spacial score (nSPS) is 14.2. The van der Waals surface area contributed by atoms with Crippen LogP contribution >= 0.6 is 0 Å². The molecule has 0 aliphatic carbocycles.